The van der Waals surface area contributed by atoms with Gasteiger partial charge in [-0.3, -0.25) is 0 Å². The molecule has 1 aromatic carbocycles. The third-order valence-electron chi connectivity index (χ3n) is 3.27. The molecular formula is C13H19N. The van der Waals surface area contributed by atoms with E-state index in [-0.39, 0.29) is 0 Å². The van der Waals surface area contributed by atoms with E-state index in [4.69, 9.17) is 0 Å². The summed E-state index contributed by atoms with van der Waals surface area (Å²) in [5.41, 5.74) is 2.60. The maximum absolute atomic E-state index is 3.62. The number of hydrogen-bond donors (Lipinski definition) is 1. The average molecular weight is 189 g/mol. The van der Waals surface area contributed by atoms with Crippen LogP contribution in [0, 0.1) is 12.8 Å². The minimum atomic E-state index is 0.692. The van der Waals surface area contributed by atoms with E-state index in [2.05, 4.69) is 43.4 Å². The number of rotatable bonds is 2. The molecule has 1 aromatic rings. The highest BCUT2D eigenvalue weighted by atomic mass is 14.9. The average Bonchev–Trinajstić information content (AvgIpc) is 2.56. The lowest BCUT2D eigenvalue weighted by Gasteiger charge is -2.18. The fourth-order valence-electron chi connectivity index (χ4n) is 2.22. The Morgan fingerprint density at radius 2 is 1.86 bits per heavy atom. The molecule has 0 unspecified atom stereocenters. The molecule has 0 bridgehead atoms. The predicted molar refractivity (Wildman–Crippen MR) is 61.6 cm³/mol. The summed E-state index contributed by atoms with van der Waals surface area (Å²) in [6, 6.07) is 9.39. The van der Waals surface area contributed by atoms with Gasteiger partial charge in [0, 0.05) is 11.7 Å². The molecular weight excluding hydrogens is 170 g/mol. The molecule has 0 radical (unpaired) electrons. The molecule has 0 heterocycles. The predicted octanol–water partition coefficient (Wildman–Crippen LogP) is 3.60. The number of aryl methyl sites for hydroxylation is 1. The van der Waals surface area contributed by atoms with Crippen molar-refractivity contribution >= 4 is 5.69 Å². The van der Waals surface area contributed by atoms with Crippen LogP contribution < -0.4 is 5.32 Å². The quantitative estimate of drug-likeness (QED) is 0.749. The molecule has 1 fully saturated rings. The van der Waals surface area contributed by atoms with Gasteiger partial charge in [0.25, 0.3) is 0 Å². The first-order valence-corrected chi connectivity index (χ1v) is 5.59. The molecule has 1 aliphatic rings. The van der Waals surface area contributed by atoms with Crippen molar-refractivity contribution in [2.75, 3.05) is 5.32 Å². The molecule has 1 heteroatoms. The van der Waals surface area contributed by atoms with Crippen LogP contribution in [0.5, 0.6) is 0 Å². The van der Waals surface area contributed by atoms with E-state index in [1.165, 1.54) is 30.5 Å². The minimum Gasteiger partial charge on any atom is -0.382 e. The van der Waals surface area contributed by atoms with Gasteiger partial charge in [0.05, 0.1) is 0 Å². The van der Waals surface area contributed by atoms with Gasteiger partial charge < -0.3 is 5.32 Å². The van der Waals surface area contributed by atoms with Gasteiger partial charge in [0.1, 0.15) is 0 Å². The van der Waals surface area contributed by atoms with Gasteiger partial charge in [-0.05, 0) is 37.8 Å². The van der Waals surface area contributed by atoms with Crippen LogP contribution >= 0.6 is 0 Å². The number of hydrogen-bond acceptors (Lipinski definition) is 1. The first-order chi connectivity index (χ1) is 6.75. The molecule has 0 saturated heterocycles. The van der Waals surface area contributed by atoms with Crippen LogP contribution in [0.1, 0.15) is 31.7 Å². The molecule has 2 atom stereocenters. The summed E-state index contributed by atoms with van der Waals surface area (Å²) in [5, 5.41) is 3.62. The van der Waals surface area contributed by atoms with Gasteiger partial charge in [0.15, 0.2) is 0 Å². The Morgan fingerprint density at radius 3 is 2.43 bits per heavy atom. The van der Waals surface area contributed by atoms with Crippen LogP contribution in [0.25, 0.3) is 0 Å². The summed E-state index contributed by atoms with van der Waals surface area (Å²) >= 11 is 0. The van der Waals surface area contributed by atoms with E-state index >= 15 is 0 Å². The Kier molecular flexibility index (Phi) is 2.76. The first-order valence-electron chi connectivity index (χ1n) is 5.59. The molecule has 14 heavy (non-hydrogen) atoms. The minimum absolute atomic E-state index is 0.692. The third-order valence-corrected chi connectivity index (χ3v) is 3.27. The summed E-state index contributed by atoms with van der Waals surface area (Å²) in [6.45, 7) is 4.47. The SMILES string of the molecule is Cc1ccc(N[C@@H]2CCC[C@H]2C)cc1. The van der Waals surface area contributed by atoms with Crippen molar-refractivity contribution in [3.05, 3.63) is 29.8 Å². The van der Waals surface area contributed by atoms with Crippen molar-refractivity contribution in [3.8, 4) is 0 Å². The maximum Gasteiger partial charge on any atom is 0.0342 e. The van der Waals surface area contributed by atoms with Crippen LogP contribution in [-0.4, -0.2) is 6.04 Å². The fourth-order valence-corrected chi connectivity index (χ4v) is 2.22. The lowest BCUT2D eigenvalue weighted by Crippen LogP contribution is -2.21. The van der Waals surface area contributed by atoms with Crippen molar-refractivity contribution in [2.24, 2.45) is 5.92 Å². The monoisotopic (exact) mass is 189 g/mol. The topological polar surface area (TPSA) is 12.0 Å². The van der Waals surface area contributed by atoms with Gasteiger partial charge in [-0.1, -0.05) is 31.0 Å². The fraction of sp³-hybridized carbons (Fsp3) is 0.538. The lowest BCUT2D eigenvalue weighted by molar-refractivity contribution is 0.556. The van der Waals surface area contributed by atoms with Crippen LogP contribution in [0.4, 0.5) is 5.69 Å². The molecule has 1 saturated carbocycles. The molecule has 0 aliphatic heterocycles. The zero-order valence-corrected chi connectivity index (χ0v) is 9.09. The standard InChI is InChI=1S/C13H19N/c1-10-6-8-12(9-7-10)14-13-5-3-4-11(13)2/h6-9,11,13-14H,3-5H2,1-2H3/t11-,13-/m1/s1. The zero-order valence-electron chi connectivity index (χ0n) is 9.09. The lowest BCUT2D eigenvalue weighted by atomic mass is 10.1. The molecule has 2 rings (SSSR count). The van der Waals surface area contributed by atoms with Gasteiger partial charge in [-0.2, -0.15) is 0 Å². The molecule has 1 aliphatic carbocycles. The normalized spacial score (nSPS) is 26.4. The largest absolute Gasteiger partial charge is 0.382 e. The highest BCUT2D eigenvalue weighted by molar-refractivity contribution is 5.45. The Balaban J connectivity index is 2.00. The molecule has 0 amide bonds. The molecule has 1 N–H and O–H groups in total. The Bertz CT molecular complexity index is 289. The number of anilines is 1. The van der Waals surface area contributed by atoms with E-state index < -0.39 is 0 Å². The van der Waals surface area contributed by atoms with Crippen molar-refractivity contribution in [1.82, 2.24) is 0 Å². The van der Waals surface area contributed by atoms with E-state index in [1.54, 1.807) is 0 Å². The molecule has 0 spiro atoms. The van der Waals surface area contributed by atoms with E-state index in [1.807, 2.05) is 0 Å². The second kappa shape index (κ2) is 4.04. The summed E-state index contributed by atoms with van der Waals surface area (Å²) in [6.07, 6.45) is 4.09. The van der Waals surface area contributed by atoms with Crippen molar-refractivity contribution in [2.45, 2.75) is 39.2 Å². The third kappa shape index (κ3) is 2.09. The number of nitrogens with one attached hydrogen (secondary N) is 1. The molecule has 0 aromatic heterocycles. The summed E-state index contributed by atoms with van der Waals surface area (Å²) in [5.74, 6) is 0.830. The highest BCUT2D eigenvalue weighted by Crippen LogP contribution is 2.27. The Hall–Kier alpha value is -0.980. The van der Waals surface area contributed by atoms with Crippen molar-refractivity contribution < 1.29 is 0 Å². The summed E-state index contributed by atoms with van der Waals surface area (Å²) < 4.78 is 0. The maximum atomic E-state index is 3.62. The van der Waals surface area contributed by atoms with E-state index in [0.717, 1.165) is 5.92 Å². The van der Waals surface area contributed by atoms with Crippen LogP contribution in [-0.2, 0) is 0 Å². The van der Waals surface area contributed by atoms with E-state index in [9.17, 15) is 0 Å². The van der Waals surface area contributed by atoms with Gasteiger partial charge in [0.2, 0.25) is 0 Å². The summed E-state index contributed by atoms with van der Waals surface area (Å²) in [4.78, 5) is 0. The van der Waals surface area contributed by atoms with Gasteiger partial charge in [-0.15, -0.1) is 0 Å². The van der Waals surface area contributed by atoms with Crippen molar-refractivity contribution in [1.29, 1.82) is 0 Å². The first kappa shape index (κ1) is 9.57. The number of benzene rings is 1. The van der Waals surface area contributed by atoms with Gasteiger partial charge >= 0.3 is 0 Å². The van der Waals surface area contributed by atoms with E-state index in [0.29, 0.717) is 6.04 Å². The zero-order chi connectivity index (χ0) is 9.97. The van der Waals surface area contributed by atoms with Crippen LogP contribution in [0.15, 0.2) is 24.3 Å². The molecule has 1 nitrogen and oxygen atoms in total. The Morgan fingerprint density at radius 1 is 1.14 bits per heavy atom. The summed E-state index contributed by atoms with van der Waals surface area (Å²) in [7, 11) is 0. The second-order valence-corrected chi connectivity index (χ2v) is 4.53. The van der Waals surface area contributed by atoms with Gasteiger partial charge in [-0.25, -0.2) is 0 Å². The van der Waals surface area contributed by atoms with Crippen LogP contribution in [0.2, 0.25) is 0 Å². The second-order valence-electron chi connectivity index (χ2n) is 4.53. The van der Waals surface area contributed by atoms with Crippen LogP contribution in [0.3, 0.4) is 0 Å². The smallest absolute Gasteiger partial charge is 0.0342 e. The highest BCUT2D eigenvalue weighted by Gasteiger charge is 2.22. The van der Waals surface area contributed by atoms with Crippen molar-refractivity contribution in [3.63, 3.8) is 0 Å². The Labute approximate surface area is 86.5 Å². The molecule has 76 valence electrons.